The lowest BCUT2D eigenvalue weighted by Crippen LogP contribution is -2.36. The largest absolute Gasteiger partial charge is 0.378 e. The summed E-state index contributed by atoms with van der Waals surface area (Å²) < 4.78 is 18.8. The van der Waals surface area contributed by atoms with Crippen LogP contribution in [0.2, 0.25) is 0 Å². The first-order chi connectivity index (χ1) is 17.6. The first kappa shape index (κ1) is 29.9. The molecule has 0 aromatic heterocycles. The van der Waals surface area contributed by atoms with E-state index in [0.717, 1.165) is 55.9 Å². The molecule has 9 heteroatoms. The van der Waals surface area contributed by atoms with Gasteiger partial charge in [0.25, 0.3) is 0 Å². The van der Waals surface area contributed by atoms with Crippen molar-refractivity contribution < 1.29 is 13.9 Å². The van der Waals surface area contributed by atoms with E-state index in [1.165, 1.54) is 11.8 Å². The zero-order valence-electron chi connectivity index (χ0n) is 21.1. The number of benzene rings is 1. The number of amides is 1. The quantitative estimate of drug-likeness (QED) is 0.217. The van der Waals surface area contributed by atoms with Crippen LogP contribution in [-0.4, -0.2) is 67.1 Å². The molecule has 0 bridgehead atoms. The van der Waals surface area contributed by atoms with Gasteiger partial charge in [0.15, 0.2) is 0 Å². The van der Waals surface area contributed by atoms with Gasteiger partial charge in [0, 0.05) is 38.1 Å². The fourth-order valence-electron chi connectivity index (χ4n) is 3.56. The predicted molar refractivity (Wildman–Crippen MR) is 155 cm³/mol. The van der Waals surface area contributed by atoms with E-state index in [1.807, 2.05) is 13.8 Å². The van der Waals surface area contributed by atoms with Crippen molar-refractivity contribution in [2.75, 3.05) is 55.4 Å². The molecule has 1 saturated heterocycles. The van der Waals surface area contributed by atoms with Crippen molar-refractivity contribution in [3.63, 3.8) is 0 Å². The second kappa shape index (κ2) is 17.2. The van der Waals surface area contributed by atoms with Gasteiger partial charge in [-0.2, -0.15) is 0 Å². The molecule has 0 radical (unpaired) electrons. The summed E-state index contributed by atoms with van der Waals surface area (Å²) in [6.07, 6.45) is 6.42. The lowest BCUT2D eigenvalue weighted by atomic mass is 10.1. The molecule has 36 heavy (non-hydrogen) atoms. The Morgan fingerprint density at radius 3 is 2.67 bits per heavy atom. The number of nitrogens with one attached hydrogen (secondary N) is 1. The maximum Gasteiger partial charge on any atom is 0.230 e. The number of hydrogen-bond acceptors (Lipinski definition) is 5. The number of alkyl halides is 1. The number of morpholine rings is 1. The first-order valence-electron chi connectivity index (χ1n) is 12.2. The minimum absolute atomic E-state index is 0.0310. The molecule has 0 aliphatic carbocycles. The number of allylic oxidation sites excluding steroid dienone is 4. The van der Waals surface area contributed by atoms with Crippen LogP contribution >= 0.6 is 27.7 Å². The number of nitrogens with zero attached hydrogens (tertiary/aromatic N) is 3. The van der Waals surface area contributed by atoms with E-state index in [0.29, 0.717) is 24.2 Å². The van der Waals surface area contributed by atoms with Crippen molar-refractivity contribution in [2.24, 2.45) is 4.99 Å². The number of carbonyl (C=O) groups excluding carboxylic acids is 1. The number of anilines is 1. The van der Waals surface area contributed by atoms with E-state index in [4.69, 9.17) is 4.74 Å². The summed E-state index contributed by atoms with van der Waals surface area (Å²) in [6, 6.07) is 8.57. The number of amidine groups is 1. The Morgan fingerprint density at radius 1 is 1.28 bits per heavy atom. The number of rotatable bonds is 10. The average Bonchev–Trinajstić information content (AvgIpc) is 2.95. The fraction of sp³-hybridized carbons (Fsp3) is 0.407. The second-order valence-electron chi connectivity index (χ2n) is 7.59. The molecule has 1 N–H and O–H groups in total. The molecular formula is C27H36BrFN4O2S. The highest BCUT2D eigenvalue weighted by Gasteiger charge is 2.22. The van der Waals surface area contributed by atoms with E-state index in [2.05, 4.69) is 72.3 Å². The van der Waals surface area contributed by atoms with Crippen molar-refractivity contribution in [3.05, 3.63) is 72.1 Å². The van der Waals surface area contributed by atoms with Gasteiger partial charge < -0.3 is 19.9 Å². The van der Waals surface area contributed by atoms with Gasteiger partial charge in [0.1, 0.15) is 11.7 Å². The van der Waals surface area contributed by atoms with E-state index in [1.54, 1.807) is 24.0 Å². The third kappa shape index (κ3) is 9.59. The van der Waals surface area contributed by atoms with Crippen LogP contribution in [0.1, 0.15) is 25.8 Å². The minimum atomic E-state index is -0.408. The summed E-state index contributed by atoms with van der Waals surface area (Å²) in [5.41, 5.74) is 3.35. The number of carbonyl (C=O) groups is 1. The monoisotopic (exact) mass is 578 g/mol. The summed E-state index contributed by atoms with van der Waals surface area (Å²) in [6.45, 7) is 12.0. The molecule has 0 saturated carbocycles. The molecule has 0 spiro atoms. The van der Waals surface area contributed by atoms with Crippen molar-refractivity contribution >= 4 is 50.8 Å². The van der Waals surface area contributed by atoms with E-state index in [9.17, 15) is 9.18 Å². The minimum Gasteiger partial charge on any atom is -0.378 e. The third-order valence-electron chi connectivity index (χ3n) is 5.31. The maximum atomic E-state index is 13.3. The highest BCUT2D eigenvalue weighted by molar-refractivity contribution is 9.09. The van der Waals surface area contributed by atoms with E-state index >= 15 is 0 Å². The van der Waals surface area contributed by atoms with Crippen molar-refractivity contribution in [1.29, 1.82) is 0 Å². The van der Waals surface area contributed by atoms with Gasteiger partial charge in [-0.3, -0.25) is 4.79 Å². The summed E-state index contributed by atoms with van der Waals surface area (Å²) >= 11 is 4.85. The normalized spacial score (nSPS) is 17.5. The van der Waals surface area contributed by atoms with Crippen LogP contribution in [0.4, 0.5) is 10.1 Å². The van der Waals surface area contributed by atoms with Gasteiger partial charge in [-0.05, 0) is 47.8 Å². The molecule has 1 aromatic carbocycles. The zero-order valence-corrected chi connectivity index (χ0v) is 23.5. The van der Waals surface area contributed by atoms with Gasteiger partial charge in [-0.15, -0.1) is 11.8 Å². The highest BCUT2D eigenvalue weighted by Crippen LogP contribution is 2.30. The van der Waals surface area contributed by atoms with Crippen LogP contribution in [0.15, 0.2) is 71.5 Å². The predicted octanol–water partition coefficient (Wildman–Crippen LogP) is 5.75. The number of aliphatic imine (C=N–C) groups is 1. The molecule has 2 aliphatic heterocycles. The lowest BCUT2D eigenvalue weighted by molar-refractivity contribution is -0.118. The van der Waals surface area contributed by atoms with Gasteiger partial charge in [0.05, 0.1) is 30.0 Å². The van der Waals surface area contributed by atoms with Crippen molar-refractivity contribution in [3.8, 4) is 0 Å². The molecule has 1 fully saturated rings. The van der Waals surface area contributed by atoms with Crippen molar-refractivity contribution in [2.45, 2.75) is 20.3 Å². The summed E-state index contributed by atoms with van der Waals surface area (Å²) in [5, 5.41) is 5.34. The third-order valence-corrected chi connectivity index (χ3v) is 6.64. The average molecular weight is 580 g/mol. The van der Waals surface area contributed by atoms with Crippen LogP contribution in [-0.2, 0) is 9.53 Å². The van der Waals surface area contributed by atoms with Crippen molar-refractivity contribution in [1.82, 2.24) is 10.2 Å². The Bertz CT molecular complexity index is 957. The smallest absolute Gasteiger partial charge is 0.230 e. The molecule has 2 aliphatic rings. The van der Waals surface area contributed by atoms with Crippen LogP contribution in [0.25, 0.3) is 5.70 Å². The molecule has 0 atom stereocenters. The standard InChI is InChI=1S/C25H30BrFN4O2S.C2H6/c1-2-21(27)5-3-10-28-24-19-34-18-23(31(24)12-4-11-29-25(32)17-26)20-6-8-22(9-7-20)30-13-15-33-16-14-30;1-2/h2-3,5-10,18H,1,4,11-17,19H2,(H,29,32);1-2H3/b10-3+,21-5+,28-24?;. The number of ether oxygens (including phenoxy) is 1. The Hall–Kier alpha value is -2.36. The van der Waals surface area contributed by atoms with Crippen LogP contribution in [0.5, 0.6) is 0 Å². The van der Waals surface area contributed by atoms with Crippen LogP contribution < -0.4 is 10.2 Å². The Morgan fingerprint density at radius 2 is 2.00 bits per heavy atom. The fourth-order valence-corrected chi connectivity index (χ4v) is 4.65. The van der Waals surface area contributed by atoms with Gasteiger partial charge in [-0.25, -0.2) is 9.38 Å². The molecular weight excluding hydrogens is 543 g/mol. The van der Waals surface area contributed by atoms with Crippen LogP contribution in [0, 0.1) is 0 Å². The first-order valence-corrected chi connectivity index (χ1v) is 14.4. The molecule has 196 valence electrons. The highest BCUT2D eigenvalue weighted by atomic mass is 79.9. The SMILES string of the molecule is C=C/C(F)=C\C=C\N=C1CSC=C(c2ccc(N3CCOCC3)cc2)N1CCCNC(=O)CBr.CC. The number of halogens is 2. The van der Waals surface area contributed by atoms with Gasteiger partial charge in [-0.1, -0.05) is 48.5 Å². The molecule has 0 unspecified atom stereocenters. The Balaban J connectivity index is 0.00000222. The van der Waals surface area contributed by atoms with E-state index in [-0.39, 0.29) is 5.91 Å². The summed E-state index contributed by atoms with van der Waals surface area (Å²) in [5.74, 6) is 1.16. The number of hydrogen-bond donors (Lipinski definition) is 1. The Kier molecular flexibility index (Phi) is 14.2. The zero-order chi connectivity index (χ0) is 26.2. The molecule has 1 amide bonds. The molecule has 6 nitrogen and oxygen atoms in total. The van der Waals surface area contributed by atoms with Crippen LogP contribution in [0.3, 0.4) is 0 Å². The maximum absolute atomic E-state index is 13.3. The van der Waals surface area contributed by atoms with Gasteiger partial charge in [0.2, 0.25) is 5.91 Å². The van der Waals surface area contributed by atoms with Gasteiger partial charge >= 0.3 is 0 Å². The van der Waals surface area contributed by atoms with E-state index < -0.39 is 5.83 Å². The lowest BCUT2D eigenvalue weighted by Gasteiger charge is -2.32. The molecule has 3 rings (SSSR count). The summed E-state index contributed by atoms with van der Waals surface area (Å²) in [4.78, 5) is 20.7. The number of thioether (sulfide) groups is 1. The molecule has 2 heterocycles. The Labute approximate surface area is 227 Å². The summed E-state index contributed by atoms with van der Waals surface area (Å²) in [7, 11) is 0. The molecule has 1 aromatic rings. The second-order valence-corrected chi connectivity index (χ2v) is 9.01. The topological polar surface area (TPSA) is 57.2 Å².